The number of nitrogens with zero attached hydrogens (tertiary/aromatic N) is 1. The van der Waals surface area contributed by atoms with Crippen LogP contribution in [0.3, 0.4) is 0 Å². The Bertz CT molecular complexity index is 1210. The highest BCUT2D eigenvalue weighted by Crippen LogP contribution is 2.57. The standard InChI is InChI=1S/C34H42NO2P/c1-35(2)32-21-13-12-20-28(32)29-22-23-30(34(36)37)31(24-25-14-6-3-7-15-25)33(29)38(26-16-8-4-9-17-26)27-18-10-5-11-19-27/h3,6-7,12-15,20-23,26-27H,4-5,8-11,16-19,24H2,1-2H3,(H,36,37). The summed E-state index contributed by atoms with van der Waals surface area (Å²) in [4.78, 5) is 15.0. The van der Waals surface area contributed by atoms with Gasteiger partial charge in [-0.1, -0.05) is 101 Å². The second-order valence-corrected chi connectivity index (χ2v) is 14.1. The van der Waals surface area contributed by atoms with Crippen LogP contribution in [0.25, 0.3) is 11.1 Å². The van der Waals surface area contributed by atoms with E-state index in [1.165, 1.54) is 91.9 Å². The minimum absolute atomic E-state index is 0.494. The van der Waals surface area contributed by atoms with Crippen molar-refractivity contribution in [1.29, 1.82) is 0 Å². The number of hydrogen-bond donors (Lipinski definition) is 1. The predicted molar refractivity (Wildman–Crippen MR) is 163 cm³/mol. The Labute approximate surface area is 230 Å². The van der Waals surface area contributed by atoms with Gasteiger partial charge in [-0.2, -0.15) is 0 Å². The molecule has 3 nitrogen and oxygen atoms in total. The van der Waals surface area contributed by atoms with E-state index in [4.69, 9.17) is 0 Å². The zero-order chi connectivity index (χ0) is 26.5. The molecule has 2 aliphatic rings. The van der Waals surface area contributed by atoms with Gasteiger partial charge in [-0.15, -0.1) is 0 Å². The molecule has 2 aliphatic carbocycles. The van der Waals surface area contributed by atoms with Gasteiger partial charge in [-0.05, 0) is 77.5 Å². The highest BCUT2D eigenvalue weighted by atomic mass is 31.1. The van der Waals surface area contributed by atoms with Crippen molar-refractivity contribution >= 4 is 24.9 Å². The first-order chi connectivity index (χ1) is 18.5. The van der Waals surface area contributed by atoms with E-state index < -0.39 is 13.9 Å². The Hall–Kier alpha value is -2.64. The number of hydrogen-bond acceptors (Lipinski definition) is 2. The second-order valence-electron chi connectivity index (χ2n) is 11.4. The summed E-state index contributed by atoms with van der Waals surface area (Å²) in [5.74, 6) is -0.799. The first-order valence-electron chi connectivity index (χ1n) is 14.5. The van der Waals surface area contributed by atoms with Gasteiger partial charge in [0.1, 0.15) is 0 Å². The third-order valence-electron chi connectivity index (χ3n) is 8.61. The largest absolute Gasteiger partial charge is 0.478 e. The number of carboxylic acid groups (broad SMARTS) is 1. The molecular weight excluding hydrogens is 485 g/mol. The van der Waals surface area contributed by atoms with Crippen LogP contribution in [0.15, 0.2) is 66.7 Å². The van der Waals surface area contributed by atoms with Crippen molar-refractivity contribution in [2.45, 2.75) is 81.9 Å². The smallest absolute Gasteiger partial charge is 0.335 e. The predicted octanol–water partition coefficient (Wildman–Crippen LogP) is 8.48. The normalized spacial score (nSPS) is 17.0. The SMILES string of the molecule is CN(C)c1ccccc1-c1ccc(C(=O)O)c(Cc2ccccc2)c1P(C1CCCCC1)C1CCCCC1. The summed E-state index contributed by atoms with van der Waals surface area (Å²) in [6.07, 6.45) is 13.8. The molecule has 0 saturated heterocycles. The van der Waals surface area contributed by atoms with Crippen LogP contribution in [0.4, 0.5) is 5.69 Å². The average Bonchev–Trinajstić information content (AvgIpc) is 2.95. The Kier molecular flexibility index (Phi) is 8.85. The van der Waals surface area contributed by atoms with Gasteiger partial charge in [0, 0.05) is 25.3 Å². The zero-order valence-electron chi connectivity index (χ0n) is 23.0. The Morgan fingerprint density at radius 3 is 1.92 bits per heavy atom. The van der Waals surface area contributed by atoms with E-state index in [1.807, 2.05) is 12.1 Å². The number of anilines is 1. The van der Waals surface area contributed by atoms with E-state index in [2.05, 4.69) is 73.6 Å². The number of aromatic carboxylic acids is 1. The molecule has 0 aliphatic heterocycles. The monoisotopic (exact) mass is 527 g/mol. The maximum atomic E-state index is 12.8. The van der Waals surface area contributed by atoms with Gasteiger partial charge < -0.3 is 10.0 Å². The molecule has 0 amide bonds. The quantitative estimate of drug-likeness (QED) is 0.299. The van der Waals surface area contributed by atoms with Crippen LogP contribution in [0.5, 0.6) is 0 Å². The second kappa shape index (κ2) is 12.5. The molecule has 0 radical (unpaired) electrons. The van der Waals surface area contributed by atoms with Crippen LogP contribution in [0.1, 0.15) is 85.7 Å². The Balaban J connectivity index is 1.79. The van der Waals surface area contributed by atoms with Crippen LogP contribution in [-0.2, 0) is 6.42 Å². The van der Waals surface area contributed by atoms with Crippen molar-refractivity contribution < 1.29 is 9.90 Å². The first kappa shape index (κ1) is 26.9. The minimum Gasteiger partial charge on any atom is -0.478 e. The molecule has 4 heteroatoms. The molecule has 1 N–H and O–H groups in total. The fourth-order valence-corrected chi connectivity index (χ4v) is 11.0. The Morgan fingerprint density at radius 2 is 1.34 bits per heavy atom. The zero-order valence-corrected chi connectivity index (χ0v) is 23.9. The van der Waals surface area contributed by atoms with Crippen LogP contribution in [-0.4, -0.2) is 36.5 Å². The molecule has 200 valence electrons. The molecule has 0 bridgehead atoms. The summed E-state index contributed by atoms with van der Waals surface area (Å²) in [6, 6.07) is 23.2. The van der Waals surface area contributed by atoms with Gasteiger partial charge in [0.25, 0.3) is 0 Å². The van der Waals surface area contributed by atoms with Crippen molar-refractivity contribution in [2.75, 3.05) is 19.0 Å². The third-order valence-corrected chi connectivity index (χ3v) is 12.2. The molecular formula is C34H42NO2P. The summed E-state index contributed by atoms with van der Waals surface area (Å²) < 4.78 is 0. The number of carboxylic acids is 1. The van der Waals surface area contributed by atoms with Crippen molar-refractivity contribution in [2.24, 2.45) is 0 Å². The van der Waals surface area contributed by atoms with E-state index >= 15 is 0 Å². The number of benzene rings is 3. The molecule has 3 aromatic rings. The number of para-hydroxylation sites is 1. The number of carbonyl (C=O) groups is 1. The van der Waals surface area contributed by atoms with Gasteiger partial charge in [-0.3, -0.25) is 0 Å². The highest BCUT2D eigenvalue weighted by Gasteiger charge is 2.36. The summed E-state index contributed by atoms with van der Waals surface area (Å²) >= 11 is 0. The summed E-state index contributed by atoms with van der Waals surface area (Å²) in [5, 5.41) is 11.9. The molecule has 5 rings (SSSR count). The van der Waals surface area contributed by atoms with Crippen molar-refractivity contribution in [3.05, 3.63) is 83.4 Å². The first-order valence-corrected chi connectivity index (χ1v) is 16.0. The lowest BCUT2D eigenvalue weighted by Gasteiger charge is -2.41. The maximum absolute atomic E-state index is 12.8. The summed E-state index contributed by atoms with van der Waals surface area (Å²) in [7, 11) is 3.71. The van der Waals surface area contributed by atoms with Crippen molar-refractivity contribution in [1.82, 2.24) is 0 Å². The van der Waals surface area contributed by atoms with E-state index in [0.717, 1.165) is 5.56 Å². The van der Waals surface area contributed by atoms with Gasteiger partial charge >= 0.3 is 5.97 Å². The molecule has 0 heterocycles. The molecule has 0 unspecified atom stereocenters. The van der Waals surface area contributed by atoms with Crippen LogP contribution >= 0.6 is 7.92 Å². The summed E-state index contributed by atoms with van der Waals surface area (Å²) in [5.41, 5.74) is 7.83. The molecule has 0 atom stereocenters. The van der Waals surface area contributed by atoms with E-state index in [-0.39, 0.29) is 0 Å². The molecule has 2 fully saturated rings. The fourth-order valence-electron chi connectivity index (χ4n) is 6.80. The molecule has 38 heavy (non-hydrogen) atoms. The molecule has 3 aromatic carbocycles. The average molecular weight is 528 g/mol. The van der Waals surface area contributed by atoms with E-state index in [1.54, 1.807) is 0 Å². The summed E-state index contributed by atoms with van der Waals surface area (Å²) in [6.45, 7) is 0. The topological polar surface area (TPSA) is 40.5 Å². The fraction of sp³-hybridized carbons (Fsp3) is 0.441. The van der Waals surface area contributed by atoms with Crippen molar-refractivity contribution in [3.8, 4) is 11.1 Å². The molecule has 0 aromatic heterocycles. The van der Waals surface area contributed by atoms with E-state index in [9.17, 15) is 9.90 Å². The van der Waals surface area contributed by atoms with E-state index in [0.29, 0.717) is 23.3 Å². The van der Waals surface area contributed by atoms with Gasteiger partial charge in [0.2, 0.25) is 0 Å². The maximum Gasteiger partial charge on any atom is 0.335 e. The van der Waals surface area contributed by atoms with Gasteiger partial charge in [0.05, 0.1) is 5.56 Å². The van der Waals surface area contributed by atoms with Crippen molar-refractivity contribution in [3.63, 3.8) is 0 Å². The van der Waals surface area contributed by atoms with Crippen LogP contribution in [0, 0.1) is 0 Å². The lowest BCUT2D eigenvalue weighted by atomic mass is 9.93. The molecule has 0 spiro atoms. The highest BCUT2D eigenvalue weighted by molar-refractivity contribution is 7.67. The van der Waals surface area contributed by atoms with Gasteiger partial charge in [0.15, 0.2) is 0 Å². The third kappa shape index (κ3) is 5.84. The molecule has 2 saturated carbocycles. The van der Waals surface area contributed by atoms with Gasteiger partial charge in [-0.25, -0.2) is 4.79 Å². The van der Waals surface area contributed by atoms with Crippen LogP contribution < -0.4 is 10.2 Å². The minimum atomic E-state index is -0.799. The van der Waals surface area contributed by atoms with Crippen LogP contribution in [0.2, 0.25) is 0 Å². The lowest BCUT2D eigenvalue weighted by molar-refractivity contribution is 0.0696. The number of rotatable bonds is 8. The lowest BCUT2D eigenvalue weighted by Crippen LogP contribution is -2.30. The Morgan fingerprint density at radius 1 is 0.763 bits per heavy atom.